The number of benzene rings is 1. The van der Waals surface area contributed by atoms with Crippen LogP contribution in [-0.4, -0.2) is 62.7 Å². The lowest BCUT2D eigenvalue weighted by molar-refractivity contribution is -0.144. The van der Waals surface area contributed by atoms with Crippen molar-refractivity contribution in [1.82, 2.24) is 4.90 Å². The summed E-state index contributed by atoms with van der Waals surface area (Å²) in [6, 6.07) is 3.03. The monoisotopic (exact) mass is 431 g/mol. The SMILES string of the molecule is CC(Oc1cc(C(=O)OCCN2CCOCC2)ccc1C(F)(F)F)OC1CCCC1. The zero-order valence-electron chi connectivity index (χ0n) is 17.1. The fraction of sp³-hybridized carbons (Fsp3) is 0.667. The molecule has 1 aliphatic heterocycles. The van der Waals surface area contributed by atoms with Gasteiger partial charge in [-0.05, 0) is 38.0 Å². The summed E-state index contributed by atoms with van der Waals surface area (Å²) in [4.78, 5) is 14.4. The Bertz CT molecular complexity index is 700. The molecule has 1 unspecified atom stereocenters. The van der Waals surface area contributed by atoms with Crippen LogP contribution >= 0.6 is 0 Å². The highest BCUT2D eigenvalue weighted by molar-refractivity contribution is 5.90. The second-order valence-corrected chi connectivity index (χ2v) is 7.53. The molecular formula is C21H28F3NO5. The second-order valence-electron chi connectivity index (χ2n) is 7.53. The number of hydrogen-bond donors (Lipinski definition) is 0. The lowest BCUT2D eigenvalue weighted by Crippen LogP contribution is -2.38. The highest BCUT2D eigenvalue weighted by Crippen LogP contribution is 2.37. The van der Waals surface area contributed by atoms with Crippen molar-refractivity contribution in [2.45, 2.75) is 51.2 Å². The molecule has 0 amide bonds. The summed E-state index contributed by atoms with van der Waals surface area (Å²) >= 11 is 0. The van der Waals surface area contributed by atoms with E-state index in [2.05, 4.69) is 4.90 Å². The quantitative estimate of drug-likeness (QED) is 0.460. The van der Waals surface area contributed by atoms with Gasteiger partial charge >= 0.3 is 12.1 Å². The van der Waals surface area contributed by atoms with E-state index in [0.29, 0.717) is 19.8 Å². The summed E-state index contributed by atoms with van der Waals surface area (Å²) < 4.78 is 61.8. The smallest absolute Gasteiger partial charge is 0.419 e. The van der Waals surface area contributed by atoms with E-state index in [1.165, 1.54) is 0 Å². The lowest BCUT2D eigenvalue weighted by atomic mass is 10.1. The Morgan fingerprint density at radius 2 is 1.93 bits per heavy atom. The van der Waals surface area contributed by atoms with E-state index in [-0.39, 0.29) is 18.3 Å². The number of carbonyl (C=O) groups excluding carboxylic acids is 1. The van der Waals surface area contributed by atoms with Gasteiger partial charge in [-0.2, -0.15) is 13.2 Å². The topological polar surface area (TPSA) is 57.2 Å². The molecule has 0 aromatic heterocycles. The van der Waals surface area contributed by atoms with E-state index in [1.54, 1.807) is 6.92 Å². The van der Waals surface area contributed by atoms with Crippen molar-refractivity contribution in [1.29, 1.82) is 0 Å². The summed E-state index contributed by atoms with van der Waals surface area (Å²) in [5.74, 6) is -1.12. The molecule has 30 heavy (non-hydrogen) atoms. The van der Waals surface area contributed by atoms with E-state index in [4.69, 9.17) is 18.9 Å². The van der Waals surface area contributed by atoms with Crippen molar-refractivity contribution < 1.29 is 36.9 Å². The highest BCUT2D eigenvalue weighted by Gasteiger charge is 2.35. The molecule has 1 saturated carbocycles. The first-order valence-corrected chi connectivity index (χ1v) is 10.3. The second kappa shape index (κ2) is 10.5. The lowest BCUT2D eigenvalue weighted by Gasteiger charge is -2.26. The third-order valence-electron chi connectivity index (χ3n) is 5.25. The van der Waals surface area contributed by atoms with Crippen molar-refractivity contribution in [3.05, 3.63) is 29.3 Å². The molecule has 1 saturated heterocycles. The molecule has 9 heteroatoms. The van der Waals surface area contributed by atoms with Gasteiger partial charge in [0.25, 0.3) is 0 Å². The number of ether oxygens (including phenoxy) is 4. The molecule has 1 aromatic rings. The van der Waals surface area contributed by atoms with Gasteiger partial charge in [0, 0.05) is 19.6 Å². The fourth-order valence-electron chi connectivity index (χ4n) is 3.66. The van der Waals surface area contributed by atoms with Crippen LogP contribution in [0, 0.1) is 0 Å². The molecular weight excluding hydrogens is 403 g/mol. The largest absolute Gasteiger partial charge is 0.465 e. The van der Waals surface area contributed by atoms with Gasteiger partial charge in [-0.1, -0.05) is 12.8 Å². The van der Waals surface area contributed by atoms with Crippen molar-refractivity contribution in [2.24, 2.45) is 0 Å². The average Bonchev–Trinajstić information content (AvgIpc) is 3.20. The van der Waals surface area contributed by atoms with Crippen LogP contribution in [0.5, 0.6) is 5.75 Å². The van der Waals surface area contributed by atoms with Gasteiger partial charge in [-0.15, -0.1) is 0 Å². The summed E-state index contributed by atoms with van der Waals surface area (Å²) in [6.07, 6.45) is -1.66. The van der Waals surface area contributed by atoms with E-state index in [1.807, 2.05) is 0 Å². The number of halogens is 3. The van der Waals surface area contributed by atoms with Crippen LogP contribution < -0.4 is 4.74 Å². The molecule has 168 valence electrons. The molecule has 0 radical (unpaired) electrons. The van der Waals surface area contributed by atoms with Crippen molar-refractivity contribution in [2.75, 3.05) is 39.5 Å². The molecule has 2 fully saturated rings. The van der Waals surface area contributed by atoms with Gasteiger partial charge in [0.2, 0.25) is 0 Å². The molecule has 1 aliphatic carbocycles. The Kier molecular flexibility index (Phi) is 7.96. The van der Waals surface area contributed by atoms with Crippen molar-refractivity contribution in [3.8, 4) is 5.75 Å². The maximum absolute atomic E-state index is 13.4. The van der Waals surface area contributed by atoms with E-state index in [9.17, 15) is 18.0 Å². The first kappa shape index (κ1) is 22.8. The molecule has 1 heterocycles. The molecule has 0 bridgehead atoms. The van der Waals surface area contributed by atoms with Gasteiger partial charge < -0.3 is 18.9 Å². The summed E-state index contributed by atoms with van der Waals surface area (Å²) in [7, 11) is 0. The maximum atomic E-state index is 13.4. The normalized spacial score (nSPS) is 19.6. The first-order chi connectivity index (χ1) is 14.3. The van der Waals surface area contributed by atoms with E-state index < -0.39 is 29.7 Å². The molecule has 1 atom stereocenters. The Morgan fingerprint density at radius 3 is 2.60 bits per heavy atom. The number of nitrogens with zero attached hydrogens (tertiary/aromatic N) is 1. The Morgan fingerprint density at radius 1 is 1.23 bits per heavy atom. The highest BCUT2D eigenvalue weighted by atomic mass is 19.4. The molecule has 6 nitrogen and oxygen atoms in total. The number of carbonyl (C=O) groups is 1. The van der Waals surface area contributed by atoms with E-state index in [0.717, 1.165) is 57.0 Å². The number of rotatable bonds is 8. The van der Waals surface area contributed by atoms with Gasteiger partial charge in [-0.3, -0.25) is 4.90 Å². The molecule has 1 aromatic carbocycles. The van der Waals surface area contributed by atoms with Crippen molar-refractivity contribution in [3.63, 3.8) is 0 Å². The Balaban J connectivity index is 1.62. The molecule has 3 rings (SSSR count). The summed E-state index contributed by atoms with van der Waals surface area (Å²) in [5, 5.41) is 0. The number of morpholine rings is 1. The zero-order chi connectivity index (χ0) is 21.6. The summed E-state index contributed by atoms with van der Waals surface area (Å²) in [5.41, 5.74) is -0.942. The third-order valence-corrected chi connectivity index (χ3v) is 5.25. The van der Waals surface area contributed by atoms with Crippen LogP contribution in [0.15, 0.2) is 18.2 Å². The minimum atomic E-state index is -4.61. The van der Waals surface area contributed by atoms with Crippen LogP contribution in [0.4, 0.5) is 13.2 Å². The van der Waals surface area contributed by atoms with Gasteiger partial charge in [0.15, 0.2) is 6.29 Å². The van der Waals surface area contributed by atoms with Gasteiger partial charge in [0.1, 0.15) is 12.4 Å². The maximum Gasteiger partial charge on any atom is 0.419 e. The first-order valence-electron chi connectivity index (χ1n) is 10.3. The fourth-order valence-corrected chi connectivity index (χ4v) is 3.66. The predicted molar refractivity (Wildman–Crippen MR) is 102 cm³/mol. The van der Waals surface area contributed by atoms with Crippen LogP contribution in [0.3, 0.4) is 0 Å². The van der Waals surface area contributed by atoms with Crippen LogP contribution in [0.25, 0.3) is 0 Å². The van der Waals surface area contributed by atoms with Gasteiger partial charge in [-0.25, -0.2) is 4.79 Å². The average molecular weight is 431 g/mol. The minimum Gasteiger partial charge on any atom is -0.465 e. The van der Waals surface area contributed by atoms with Crippen LogP contribution in [-0.2, 0) is 20.4 Å². The minimum absolute atomic E-state index is 0.00745. The zero-order valence-corrected chi connectivity index (χ0v) is 17.1. The molecule has 0 N–H and O–H groups in total. The molecule has 0 spiro atoms. The Hall–Kier alpha value is -1.84. The molecule has 2 aliphatic rings. The predicted octanol–water partition coefficient (Wildman–Crippen LogP) is 3.88. The van der Waals surface area contributed by atoms with Crippen molar-refractivity contribution >= 4 is 5.97 Å². The number of esters is 1. The standard InChI is InChI=1S/C21H28F3NO5/c1-15(29-17-4-2-3-5-17)30-19-14-16(6-7-18(19)21(22,23)24)20(26)28-13-10-25-8-11-27-12-9-25/h6-7,14-15,17H,2-5,8-13H2,1H3. The van der Waals surface area contributed by atoms with Crippen LogP contribution in [0.2, 0.25) is 0 Å². The summed E-state index contributed by atoms with van der Waals surface area (Å²) in [6.45, 7) is 5.04. The number of hydrogen-bond acceptors (Lipinski definition) is 6. The number of alkyl halides is 3. The third kappa shape index (κ3) is 6.58. The van der Waals surface area contributed by atoms with E-state index >= 15 is 0 Å². The van der Waals surface area contributed by atoms with Gasteiger partial charge in [0.05, 0.1) is 30.4 Å². The Labute approximate surface area is 174 Å². The van der Waals surface area contributed by atoms with Crippen LogP contribution in [0.1, 0.15) is 48.5 Å².